The summed E-state index contributed by atoms with van der Waals surface area (Å²) in [6.07, 6.45) is 2.08. The van der Waals surface area contributed by atoms with Crippen LogP contribution in [0.3, 0.4) is 0 Å². The molecule has 19 heavy (non-hydrogen) atoms. The van der Waals surface area contributed by atoms with Crippen molar-refractivity contribution in [2.24, 2.45) is 5.73 Å². The van der Waals surface area contributed by atoms with Crippen LogP contribution in [0.25, 0.3) is 0 Å². The molecule has 0 heterocycles. The van der Waals surface area contributed by atoms with Crippen molar-refractivity contribution in [2.45, 2.75) is 32.2 Å². The highest BCUT2D eigenvalue weighted by Crippen LogP contribution is 2.29. The van der Waals surface area contributed by atoms with Gasteiger partial charge in [0, 0.05) is 18.5 Å². The van der Waals surface area contributed by atoms with Crippen molar-refractivity contribution in [2.75, 3.05) is 19.5 Å². The van der Waals surface area contributed by atoms with Crippen LogP contribution in [0.15, 0.2) is 18.2 Å². The van der Waals surface area contributed by atoms with Crippen LogP contribution < -0.4 is 20.5 Å². The number of rotatable bonds is 7. The zero-order chi connectivity index (χ0) is 14.3. The lowest BCUT2D eigenvalue weighted by Gasteiger charge is -2.11. The molecule has 0 spiro atoms. The van der Waals surface area contributed by atoms with E-state index in [1.54, 1.807) is 32.4 Å². The zero-order valence-electron chi connectivity index (χ0n) is 11.7. The normalized spacial score (nSPS) is 11.8. The van der Waals surface area contributed by atoms with Crippen molar-refractivity contribution in [1.82, 2.24) is 0 Å². The van der Waals surface area contributed by atoms with Crippen LogP contribution in [0.4, 0.5) is 5.69 Å². The smallest absolute Gasteiger partial charge is 0.224 e. The highest BCUT2D eigenvalue weighted by atomic mass is 16.5. The highest BCUT2D eigenvalue weighted by Gasteiger charge is 2.09. The number of carbonyl (C=O) groups is 1. The molecule has 0 radical (unpaired) electrons. The van der Waals surface area contributed by atoms with Gasteiger partial charge in [-0.05, 0) is 31.9 Å². The second kappa shape index (κ2) is 7.63. The van der Waals surface area contributed by atoms with Crippen LogP contribution in [-0.4, -0.2) is 26.2 Å². The Morgan fingerprint density at radius 2 is 2.11 bits per heavy atom. The van der Waals surface area contributed by atoms with E-state index in [0.717, 1.165) is 12.8 Å². The molecule has 5 heteroatoms. The highest BCUT2D eigenvalue weighted by molar-refractivity contribution is 5.92. The van der Waals surface area contributed by atoms with Gasteiger partial charge in [0.05, 0.1) is 19.9 Å². The first-order valence-electron chi connectivity index (χ1n) is 6.34. The van der Waals surface area contributed by atoms with E-state index in [-0.39, 0.29) is 11.9 Å². The first-order chi connectivity index (χ1) is 9.06. The van der Waals surface area contributed by atoms with Crippen LogP contribution in [0.1, 0.15) is 26.2 Å². The Labute approximate surface area is 114 Å². The third-order valence-corrected chi connectivity index (χ3v) is 2.75. The number of hydrogen-bond acceptors (Lipinski definition) is 4. The van der Waals surface area contributed by atoms with Crippen molar-refractivity contribution in [3.05, 3.63) is 18.2 Å². The number of nitrogens with one attached hydrogen (secondary N) is 1. The molecule has 0 saturated heterocycles. The van der Waals surface area contributed by atoms with Crippen molar-refractivity contribution >= 4 is 11.6 Å². The molecule has 0 bridgehead atoms. The van der Waals surface area contributed by atoms with E-state index in [0.29, 0.717) is 23.6 Å². The number of methoxy groups -OCH3 is 2. The summed E-state index contributed by atoms with van der Waals surface area (Å²) in [5, 5.41) is 2.83. The van der Waals surface area contributed by atoms with Gasteiger partial charge < -0.3 is 20.5 Å². The van der Waals surface area contributed by atoms with Crippen LogP contribution in [0, 0.1) is 0 Å². The van der Waals surface area contributed by atoms with Crippen LogP contribution in [-0.2, 0) is 4.79 Å². The predicted octanol–water partition coefficient (Wildman–Crippen LogP) is 2.16. The number of hydrogen-bond donors (Lipinski definition) is 2. The van der Waals surface area contributed by atoms with E-state index in [1.165, 1.54) is 0 Å². The van der Waals surface area contributed by atoms with Crippen molar-refractivity contribution in [3.63, 3.8) is 0 Å². The molecule has 0 saturated carbocycles. The summed E-state index contributed by atoms with van der Waals surface area (Å²) in [5.41, 5.74) is 6.29. The number of ether oxygens (including phenoxy) is 2. The molecular formula is C14H22N2O3. The summed E-state index contributed by atoms with van der Waals surface area (Å²) < 4.78 is 10.3. The summed E-state index contributed by atoms with van der Waals surface area (Å²) in [5.74, 6) is 1.23. The number of benzene rings is 1. The van der Waals surface area contributed by atoms with Gasteiger partial charge in [0.25, 0.3) is 0 Å². The maximum Gasteiger partial charge on any atom is 0.224 e. The van der Waals surface area contributed by atoms with Gasteiger partial charge in [0.1, 0.15) is 11.5 Å². The average Bonchev–Trinajstić information content (AvgIpc) is 2.38. The van der Waals surface area contributed by atoms with Gasteiger partial charge in [0.2, 0.25) is 5.91 Å². The van der Waals surface area contributed by atoms with Crippen LogP contribution in [0.5, 0.6) is 11.5 Å². The topological polar surface area (TPSA) is 73.6 Å². The standard InChI is InChI=1S/C14H22N2O3/c1-10(15)5-4-6-14(17)16-12-8-7-11(18-2)9-13(12)19-3/h7-10H,4-6,15H2,1-3H3,(H,16,17). The van der Waals surface area contributed by atoms with Gasteiger partial charge in [-0.1, -0.05) is 0 Å². The maximum atomic E-state index is 11.8. The lowest BCUT2D eigenvalue weighted by Crippen LogP contribution is -2.17. The third kappa shape index (κ3) is 5.18. The predicted molar refractivity (Wildman–Crippen MR) is 75.7 cm³/mol. The summed E-state index contributed by atoms with van der Waals surface area (Å²) in [7, 11) is 3.14. The van der Waals surface area contributed by atoms with Gasteiger partial charge in [0.15, 0.2) is 0 Å². The van der Waals surface area contributed by atoms with E-state index >= 15 is 0 Å². The second-order valence-corrected chi connectivity index (χ2v) is 4.48. The van der Waals surface area contributed by atoms with E-state index in [9.17, 15) is 4.79 Å². The Hall–Kier alpha value is -1.75. The molecule has 3 N–H and O–H groups in total. The lowest BCUT2D eigenvalue weighted by atomic mass is 10.1. The Kier molecular flexibility index (Phi) is 6.15. The molecular weight excluding hydrogens is 244 g/mol. The monoisotopic (exact) mass is 266 g/mol. The van der Waals surface area contributed by atoms with Crippen molar-refractivity contribution in [3.8, 4) is 11.5 Å². The minimum Gasteiger partial charge on any atom is -0.497 e. The number of amides is 1. The summed E-state index contributed by atoms with van der Waals surface area (Å²) in [6.45, 7) is 1.93. The molecule has 0 fully saturated rings. The molecule has 5 nitrogen and oxygen atoms in total. The SMILES string of the molecule is COc1ccc(NC(=O)CCCC(C)N)c(OC)c1. The van der Waals surface area contributed by atoms with E-state index in [2.05, 4.69) is 5.32 Å². The first-order valence-corrected chi connectivity index (χ1v) is 6.34. The molecule has 106 valence electrons. The molecule has 0 aliphatic heterocycles. The quantitative estimate of drug-likeness (QED) is 0.793. The molecule has 1 atom stereocenters. The molecule has 0 aromatic heterocycles. The fraction of sp³-hybridized carbons (Fsp3) is 0.500. The molecule has 1 rings (SSSR count). The van der Waals surface area contributed by atoms with Gasteiger partial charge >= 0.3 is 0 Å². The molecule has 0 aliphatic rings. The Morgan fingerprint density at radius 3 is 2.68 bits per heavy atom. The van der Waals surface area contributed by atoms with Crippen LogP contribution >= 0.6 is 0 Å². The zero-order valence-corrected chi connectivity index (χ0v) is 11.7. The molecule has 1 amide bonds. The summed E-state index contributed by atoms with van der Waals surface area (Å²) in [6, 6.07) is 5.40. The largest absolute Gasteiger partial charge is 0.497 e. The van der Waals surface area contributed by atoms with E-state index in [4.69, 9.17) is 15.2 Å². The van der Waals surface area contributed by atoms with Crippen LogP contribution in [0.2, 0.25) is 0 Å². The van der Waals surface area contributed by atoms with Gasteiger partial charge in [-0.25, -0.2) is 0 Å². The number of carbonyl (C=O) groups excluding carboxylic acids is 1. The summed E-state index contributed by atoms with van der Waals surface area (Å²) in [4.78, 5) is 11.8. The van der Waals surface area contributed by atoms with Gasteiger partial charge in [-0.2, -0.15) is 0 Å². The van der Waals surface area contributed by atoms with Gasteiger partial charge in [-0.15, -0.1) is 0 Å². The lowest BCUT2D eigenvalue weighted by molar-refractivity contribution is -0.116. The van der Waals surface area contributed by atoms with E-state index < -0.39 is 0 Å². The summed E-state index contributed by atoms with van der Waals surface area (Å²) >= 11 is 0. The second-order valence-electron chi connectivity index (χ2n) is 4.48. The van der Waals surface area contributed by atoms with Crippen molar-refractivity contribution in [1.29, 1.82) is 0 Å². The maximum absolute atomic E-state index is 11.8. The minimum atomic E-state index is -0.0379. The van der Waals surface area contributed by atoms with E-state index in [1.807, 2.05) is 6.92 Å². The molecule has 0 aliphatic carbocycles. The Bertz CT molecular complexity index is 419. The molecule has 1 aromatic carbocycles. The number of anilines is 1. The fourth-order valence-corrected chi connectivity index (χ4v) is 1.70. The third-order valence-electron chi connectivity index (χ3n) is 2.75. The van der Waals surface area contributed by atoms with Crippen molar-refractivity contribution < 1.29 is 14.3 Å². The number of nitrogens with two attached hydrogens (primary N) is 1. The average molecular weight is 266 g/mol. The fourth-order valence-electron chi connectivity index (χ4n) is 1.70. The van der Waals surface area contributed by atoms with Gasteiger partial charge in [-0.3, -0.25) is 4.79 Å². The Morgan fingerprint density at radius 1 is 1.37 bits per heavy atom. The first kappa shape index (κ1) is 15.3. The minimum absolute atomic E-state index is 0.0379. The Balaban J connectivity index is 2.58. The molecule has 1 unspecified atom stereocenters. The molecule has 1 aromatic rings.